The third-order valence-electron chi connectivity index (χ3n) is 7.67. The molecule has 2 aliphatic heterocycles. The van der Waals surface area contributed by atoms with Gasteiger partial charge in [0.2, 0.25) is 0 Å². The SMILES string of the molecule is CC(C)(C)C1C(O[Si](C)(C)C(C)(C)C)c2cc(C#N)ccc2OC12CCN(C(=O)O)CC2. The van der Waals surface area contributed by atoms with Gasteiger partial charge in [-0.25, -0.2) is 4.79 Å². The maximum Gasteiger partial charge on any atom is 0.407 e. The van der Waals surface area contributed by atoms with Crippen LogP contribution in [-0.2, 0) is 4.43 Å². The Balaban J connectivity index is 2.16. The summed E-state index contributed by atoms with van der Waals surface area (Å²) in [4.78, 5) is 13.0. The van der Waals surface area contributed by atoms with Gasteiger partial charge < -0.3 is 19.2 Å². The minimum atomic E-state index is -2.16. The summed E-state index contributed by atoms with van der Waals surface area (Å²) in [6, 6.07) is 7.86. The minimum Gasteiger partial charge on any atom is -0.486 e. The van der Waals surface area contributed by atoms with E-state index < -0.39 is 20.0 Å². The fourth-order valence-electron chi connectivity index (χ4n) is 5.03. The third kappa shape index (κ3) is 4.40. The Bertz CT molecular complexity index is 915. The van der Waals surface area contributed by atoms with Crippen molar-refractivity contribution in [2.45, 2.75) is 84.2 Å². The van der Waals surface area contributed by atoms with Crippen LogP contribution in [0.4, 0.5) is 4.79 Å². The number of amides is 1. The molecule has 1 saturated heterocycles. The van der Waals surface area contributed by atoms with Crippen molar-refractivity contribution >= 4 is 14.4 Å². The molecule has 2 atom stereocenters. The number of carbonyl (C=O) groups is 1. The Morgan fingerprint density at radius 2 is 1.81 bits per heavy atom. The molecule has 1 N–H and O–H groups in total. The quantitative estimate of drug-likeness (QED) is 0.534. The molecule has 0 aromatic heterocycles. The summed E-state index contributed by atoms with van der Waals surface area (Å²) >= 11 is 0. The molecule has 32 heavy (non-hydrogen) atoms. The molecule has 1 spiro atoms. The lowest BCUT2D eigenvalue weighted by atomic mass is 9.62. The fraction of sp³-hybridized carbons (Fsp3) is 0.680. The molecule has 1 aromatic carbocycles. The van der Waals surface area contributed by atoms with Crippen molar-refractivity contribution in [1.29, 1.82) is 5.26 Å². The standard InChI is InChI=1S/C25H38N2O4Si/c1-23(2,3)21-20(31-32(7,8)24(4,5)6)18-15-17(16-26)9-10-19(18)30-25(21)11-13-27(14-12-25)22(28)29/h9-10,15,20-21H,11-14H2,1-8H3,(H,28,29). The van der Waals surface area contributed by atoms with E-state index in [0.717, 1.165) is 11.3 Å². The van der Waals surface area contributed by atoms with Crippen molar-refractivity contribution in [2.24, 2.45) is 11.3 Å². The van der Waals surface area contributed by atoms with Crippen LogP contribution in [0.3, 0.4) is 0 Å². The Kier molecular flexibility index (Phi) is 6.20. The molecule has 2 aliphatic rings. The summed E-state index contributed by atoms with van der Waals surface area (Å²) in [7, 11) is -2.16. The highest BCUT2D eigenvalue weighted by Gasteiger charge is 2.57. The van der Waals surface area contributed by atoms with E-state index in [9.17, 15) is 15.2 Å². The average molecular weight is 459 g/mol. The number of rotatable bonds is 2. The van der Waals surface area contributed by atoms with E-state index in [1.807, 2.05) is 12.1 Å². The van der Waals surface area contributed by atoms with E-state index in [1.165, 1.54) is 4.90 Å². The molecule has 6 nitrogen and oxygen atoms in total. The number of fused-ring (bicyclic) bond motifs is 1. The van der Waals surface area contributed by atoms with Crippen molar-refractivity contribution in [1.82, 2.24) is 4.90 Å². The molecule has 1 amide bonds. The zero-order valence-electron chi connectivity index (χ0n) is 20.8. The zero-order chi connectivity index (χ0) is 24.1. The summed E-state index contributed by atoms with van der Waals surface area (Å²) in [6.45, 7) is 18.8. The molecule has 0 aliphatic carbocycles. The van der Waals surface area contributed by atoms with Crippen LogP contribution in [0.15, 0.2) is 18.2 Å². The van der Waals surface area contributed by atoms with Crippen LogP contribution in [0, 0.1) is 22.7 Å². The van der Waals surface area contributed by atoms with Crippen LogP contribution in [0.2, 0.25) is 18.1 Å². The van der Waals surface area contributed by atoms with Crippen molar-refractivity contribution in [3.63, 3.8) is 0 Å². The van der Waals surface area contributed by atoms with E-state index in [-0.39, 0.29) is 22.5 Å². The summed E-state index contributed by atoms with van der Waals surface area (Å²) in [6.07, 6.45) is 0.149. The smallest absolute Gasteiger partial charge is 0.407 e. The van der Waals surface area contributed by atoms with Crippen molar-refractivity contribution < 1.29 is 19.1 Å². The molecular formula is C25H38N2O4Si. The van der Waals surface area contributed by atoms with Gasteiger partial charge in [0.25, 0.3) is 0 Å². The molecular weight excluding hydrogens is 420 g/mol. The van der Waals surface area contributed by atoms with Gasteiger partial charge in [-0.05, 0) is 41.7 Å². The number of ether oxygens (including phenoxy) is 1. The third-order valence-corrected chi connectivity index (χ3v) is 12.1. The van der Waals surface area contributed by atoms with E-state index in [0.29, 0.717) is 31.5 Å². The lowest BCUT2D eigenvalue weighted by Crippen LogP contribution is -2.61. The Labute approximate surface area is 193 Å². The molecule has 2 heterocycles. The lowest BCUT2D eigenvalue weighted by molar-refractivity contribution is -0.137. The number of benzene rings is 1. The predicted molar refractivity (Wildman–Crippen MR) is 127 cm³/mol. The summed E-state index contributed by atoms with van der Waals surface area (Å²) in [5.41, 5.74) is 0.873. The molecule has 1 fully saturated rings. The molecule has 0 bridgehead atoms. The van der Waals surface area contributed by atoms with Gasteiger partial charge in [-0.2, -0.15) is 5.26 Å². The summed E-state index contributed by atoms with van der Waals surface area (Å²) in [5, 5.41) is 19.1. The second-order valence-corrected chi connectivity index (χ2v) is 16.7. The van der Waals surface area contributed by atoms with E-state index in [2.05, 4.69) is 60.7 Å². The topological polar surface area (TPSA) is 82.8 Å². The minimum absolute atomic E-state index is 0.0153. The van der Waals surface area contributed by atoms with Crippen LogP contribution in [-0.4, -0.2) is 43.1 Å². The Hall–Kier alpha value is -2.04. The maximum absolute atomic E-state index is 11.6. The van der Waals surface area contributed by atoms with Gasteiger partial charge in [-0.15, -0.1) is 0 Å². The average Bonchev–Trinajstić information content (AvgIpc) is 2.66. The number of carboxylic acid groups (broad SMARTS) is 1. The van der Waals surface area contributed by atoms with Gasteiger partial charge in [0.15, 0.2) is 8.32 Å². The predicted octanol–water partition coefficient (Wildman–Crippen LogP) is 6.19. The molecule has 176 valence electrons. The summed E-state index contributed by atoms with van der Waals surface area (Å²) < 4.78 is 13.9. The molecule has 7 heteroatoms. The van der Waals surface area contributed by atoms with Gasteiger partial charge in [0.1, 0.15) is 11.4 Å². The van der Waals surface area contributed by atoms with Gasteiger partial charge in [0.05, 0.1) is 17.7 Å². The molecule has 0 radical (unpaired) electrons. The highest BCUT2D eigenvalue weighted by Crippen LogP contribution is 2.57. The highest BCUT2D eigenvalue weighted by molar-refractivity contribution is 6.74. The molecule has 0 saturated carbocycles. The first-order chi connectivity index (χ1) is 14.6. The number of hydrogen-bond donors (Lipinski definition) is 1. The fourth-order valence-corrected chi connectivity index (χ4v) is 6.28. The van der Waals surface area contributed by atoms with Crippen LogP contribution < -0.4 is 4.74 Å². The largest absolute Gasteiger partial charge is 0.486 e. The van der Waals surface area contributed by atoms with Crippen LogP contribution in [0.5, 0.6) is 5.75 Å². The van der Waals surface area contributed by atoms with Crippen molar-refractivity contribution in [3.05, 3.63) is 29.3 Å². The monoisotopic (exact) mass is 458 g/mol. The normalized spacial score (nSPS) is 23.3. The second kappa shape index (κ2) is 8.07. The van der Waals surface area contributed by atoms with Gasteiger partial charge in [0, 0.05) is 37.4 Å². The van der Waals surface area contributed by atoms with Gasteiger partial charge in [-0.3, -0.25) is 0 Å². The molecule has 1 aromatic rings. The number of likely N-dealkylation sites (tertiary alicyclic amines) is 1. The number of hydrogen-bond acceptors (Lipinski definition) is 4. The highest BCUT2D eigenvalue weighted by atomic mass is 28.4. The van der Waals surface area contributed by atoms with Crippen molar-refractivity contribution in [3.8, 4) is 11.8 Å². The first-order valence-corrected chi connectivity index (χ1v) is 14.4. The second-order valence-electron chi connectivity index (χ2n) is 11.9. The van der Waals surface area contributed by atoms with E-state index >= 15 is 0 Å². The first-order valence-electron chi connectivity index (χ1n) is 11.5. The van der Waals surface area contributed by atoms with Crippen LogP contribution >= 0.6 is 0 Å². The molecule has 3 rings (SSSR count). The maximum atomic E-state index is 11.6. The Morgan fingerprint density at radius 1 is 1.22 bits per heavy atom. The first kappa shape index (κ1) is 24.6. The van der Waals surface area contributed by atoms with Crippen LogP contribution in [0.25, 0.3) is 0 Å². The van der Waals surface area contributed by atoms with E-state index in [4.69, 9.17) is 9.16 Å². The van der Waals surface area contributed by atoms with Gasteiger partial charge in [-0.1, -0.05) is 41.5 Å². The lowest BCUT2D eigenvalue weighted by Gasteiger charge is -2.57. The Morgan fingerprint density at radius 3 is 2.28 bits per heavy atom. The summed E-state index contributed by atoms with van der Waals surface area (Å²) in [5.74, 6) is 0.776. The van der Waals surface area contributed by atoms with Crippen molar-refractivity contribution in [2.75, 3.05) is 13.1 Å². The number of nitriles is 1. The zero-order valence-corrected chi connectivity index (χ0v) is 21.8. The molecule has 2 unspecified atom stereocenters. The van der Waals surface area contributed by atoms with Gasteiger partial charge >= 0.3 is 6.09 Å². The number of nitrogens with zero attached hydrogens (tertiary/aromatic N) is 2. The van der Waals surface area contributed by atoms with E-state index in [1.54, 1.807) is 6.07 Å². The van der Waals surface area contributed by atoms with Crippen LogP contribution in [0.1, 0.15) is 71.6 Å². The number of piperidine rings is 1.